The van der Waals surface area contributed by atoms with Crippen molar-refractivity contribution < 1.29 is 9.53 Å². The lowest BCUT2D eigenvalue weighted by Crippen LogP contribution is -2.37. The number of rotatable bonds is 3. The molecule has 0 spiro atoms. The first kappa shape index (κ1) is 12.9. The minimum atomic E-state index is -0.834. The van der Waals surface area contributed by atoms with E-state index in [1.165, 1.54) is 13.3 Å². The first-order valence-electron chi connectivity index (χ1n) is 4.84. The van der Waals surface area contributed by atoms with E-state index in [2.05, 4.69) is 4.98 Å². The summed E-state index contributed by atoms with van der Waals surface area (Å²) in [5, 5.41) is 0.451. The third-order valence-electron chi connectivity index (χ3n) is 2.63. The molecule has 0 saturated heterocycles. The first-order valence-corrected chi connectivity index (χ1v) is 5.22. The molecule has 1 rings (SSSR count). The summed E-state index contributed by atoms with van der Waals surface area (Å²) in [6, 6.07) is 1.17. The van der Waals surface area contributed by atoms with Crippen molar-refractivity contribution in [2.75, 3.05) is 7.11 Å². The maximum atomic E-state index is 11.6. The summed E-state index contributed by atoms with van der Waals surface area (Å²) in [5.41, 5.74) is 5.89. The number of nitrogens with zero attached hydrogens (tertiary/aromatic N) is 1. The van der Waals surface area contributed by atoms with Crippen molar-refractivity contribution in [1.82, 2.24) is 4.98 Å². The molecule has 5 heteroatoms. The van der Waals surface area contributed by atoms with Gasteiger partial charge in [-0.3, -0.25) is 9.78 Å². The Morgan fingerprint density at radius 3 is 2.75 bits per heavy atom. The molecule has 0 amide bonds. The summed E-state index contributed by atoms with van der Waals surface area (Å²) in [6.45, 7) is 3.44. The number of nitrogens with two attached hydrogens (primary N) is 1. The van der Waals surface area contributed by atoms with Gasteiger partial charge in [0.25, 0.3) is 0 Å². The van der Waals surface area contributed by atoms with Crippen LogP contribution in [0.15, 0.2) is 18.5 Å². The van der Waals surface area contributed by atoms with Crippen molar-refractivity contribution in [1.29, 1.82) is 0 Å². The Morgan fingerprint density at radius 1 is 1.62 bits per heavy atom. The van der Waals surface area contributed by atoms with Gasteiger partial charge in [-0.25, -0.2) is 0 Å². The molecule has 0 aliphatic rings. The number of carbonyl (C=O) groups is 1. The fourth-order valence-electron chi connectivity index (χ4n) is 1.42. The molecule has 1 aromatic rings. The Balaban J connectivity index is 3.07. The molecular weight excluding hydrogens is 228 g/mol. The molecule has 2 N–H and O–H groups in total. The van der Waals surface area contributed by atoms with Gasteiger partial charge in [-0.2, -0.15) is 0 Å². The number of hydrogen-bond donors (Lipinski definition) is 1. The number of methoxy groups -OCH3 is 1. The van der Waals surface area contributed by atoms with Crippen LogP contribution < -0.4 is 5.73 Å². The molecular formula is C11H15ClN2O2. The van der Waals surface area contributed by atoms with Crippen LogP contribution in [0.4, 0.5) is 0 Å². The van der Waals surface area contributed by atoms with Crippen LogP contribution in [0.5, 0.6) is 0 Å². The van der Waals surface area contributed by atoms with E-state index in [1.807, 2.05) is 0 Å². The van der Waals surface area contributed by atoms with Gasteiger partial charge in [-0.1, -0.05) is 11.6 Å². The number of esters is 1. The van der Waals surface area contributed by atoms with E-state index >= 15 is 0 Å². The maximum absolute atomic E-state index is 11.6. The predicted molar refractivity (Wildman–Crippen MR) is 62.0 cm³/mol. The highest BCUT2D eigenvalue weighted by atomic mass is 35.5. The number of hydrogen-bond acceptors (Lipinski definition) is 4. The third kappa shape index (κ3) is 2.33. The Kier molecular flexibility index (Phi) is 3.88. The molecule has 0 unspecified atom stereocenters. The zero-order valence-electron chi connectivity index (χ0n) is 9.53. The SMILES string of the molecule is COC(=O)C(C)(C)[C@@H](N)c1ccncc1Cl. The zero-order valence-corrected chi connectivity index (χ0v) is 10.3. The number of ether oxygens (including phenoxy) is 1. The van der Waals surface area contributed by atoms with Crippen molar-refractivity contribution in [2.24, 2.45) is 11.1 Å². The lowest BCUT2D eigenvalue weighted by Gasteiger charge is -2.29. The molecule has 0 fully saturated rings. The second-order valence-electron chi connectivity index (χ2n) is 4.09. The van der Waals surface area contributed by atoms with E-state index in [-0.39, 0.29) is 5.97 Å². The van der Waals surface area contributed by atoms with Gasteiger partial charge >= 0.3 is 5.97 Å². The van der Waals surface area contributed by atoms with Gasteiger partial charge in [0.15, 0.2) is 0 Å². The Bertz CT molecular complexity index is 393. The molecule has 0 radical (unpaired) electrons. The second-order valence-corrected chi connectivity index (χ2v) is 4.50. The minimum Gasteiger partial charge on any atom is -0.469 e. The van der Waals surface area contributed by atoms with E-state index in [1.54, 1.807) is 26.1 Å². The first-order chi connectivity index (χ1) is 7.41. The summed E-state index contributed by atoms with van der Waals surface area (Å²) >= 11 is 5.98. The lowest BCUT2D eigenvalue weighted by molar-refractivity contribution is -0.152. The Morgan fingerprint density at radius 2 is 2.25 bits per heavy atom. The van der Waals surface area contributed by atoms with E-state index in [9.17, 15) is 4.79 Å². The molecule has 1 atom stereocenters. The van der Waals surface area contributed by atoms with Crippen molar-refractivity contribution >= 4 is 17.6 Å². The molecule has 0 aromatic carbocycles. The van der Waals surface area contributed by atoms with Crippen molar-refractivity contribution in [3.63, 3.8) is 0 Å². The van der Waals surface area contributed by atoms with Gasteiger partial charge in [-0.05, 0) is 25.5 Å². The fraction of sp³-hybridized carbons (Fsp3) is 0.455. The molecule has 0 saturated carbocycles. The van der Waals surface area contributed by atoms with Crippen LogP contribution >= 0.6 is 11.6 Å². The van der Waals surface area contributed by atoms with Gasteiger partial charge in [0.2, 0.25) is 0 Å². The maximum Gasteiger partial charge on any atom is 0.313 e. The Labute approximate surface area is 99.8 Å². The smallest absolute Gasteiger partial charge is 0.313 e. The zero-order chi connectivity index (χ0) is 12.3. The molecule has 16 heavy (non-hydrogen) atoms. The fourth-order valence-corrected chi connectivity index (χ4v) is 1.65. The summed E-state index contributed by atoms with van der Waals surface area (Å²) in [4.78, 5) is 15.5. The van der Waals surface area contributed by atoms with Gasteiger partial charge in [0.1, 0.15) is 0 Å². The normalized spacial score (nSPS) is 13.3. The molecule has 88 valence electrons. The number of halogens is 1. The standard InChI is InChI=1S/C11H15ClN2O2/c1-11(2,10(15)16-3)9(13)7-4-5-14-6-8(7)12/h4-6,9H,13H2,1-3H3/t9-/m0/s1. The summed E-state index contributed by atoms with van der Waals surface area (Å²) in [7, 11) is 1.34. The number of aromatic nitrogens is 1. The third-order valence-corrected chi connectivity index (χ3v) is 2.94. The molecule has 0 aliphatic heterocycles. The van der Waals surface area contributed by atoms with Crippen LogP contribution in [0.2, 0.25) is 5.02 Å². The average molecular weight is 243 g/mol. The van der Waals surface area contributed by atoms with Crippen LogP contribution in [0.25, 0.3) is 0 Å². The minimum absolute atomic E-state index is 0.368. The highest BCUT2D eigenvalue weighted by Crippen LogP contribution is 2.35. The van der Waals surface area contributed by atoms with Crippen LogP contribution in [0, 0.1) is 5.41 Å². The van der Waals surface area contributed by atoms with Crippen molar-refractivity contribution in [3.8, 4) is 0 Å². The highest BCUT2D eigenvalue weighted by molar-refractivity contribution is 6.31. The van der Waals surface area contributed by atoms with E-state index in [0.29, 0.717) is 10.6 Å². The number of pyridine rings is 1. The van der Waals surface area contributed by atoms with Crippen LogP contribution in [-0.4, -0.2) is 18.1 Å². The largest absolute Gasteiger partial charge is 0.469 e. The summed E-state index contributed by atoms with van der Waals surface area (Å²) in [5.74, 6) is -0.368. The number of carbonyl (C=O) groups excluding carboxylic acids is 1. The lowest BCUT2D eigenvalue weighted by atomic mass is 9.81. The monoisotopic (exact) mass is 242 g/mol. The van der Waals surface area contributed by atoms with Crippen LogP contribution in [0.3, 0.4) is 0 Å². The van der Waals surface area contributed by atoms with Crippen molar-refractivity contribution in [3.05, 3.63) is 29.0 Å². The molecule has 1 heterocycles. The second kappa shape index (κ2) is 4.80. The molecule has 4 nitrogen and oxygen atoms in total. The predicted octanol–water partition coefficient (Wildman–Crippen LogP) is 1.93. The average Bonchev–Trinajstić information content (AvgIpc) is 2.27. The van der Waals surface area contributed by atoms with E-state index < -0.39 is 11.5 Å². The van der Waals surface area contributed by atoms with Gasteiger partial charge in [0.05, 0.1) is 17.5 Å². The van der Waals surface area contributed by atoms with Crippen molar-refractivity contribution in [2.45, 2.75) is 19.9 Å². The topological polar surface area (TPSA) is 65.2 Å². The molecule has 0 aliphatic carbocycles. The molecule has 0 bridgehead atoms. The van der Waals surface area contributed by atoms with Gasteiger partial charge < -0.3 is 10.5 Å². The summed E-state index contributed by atoms with van der Waals surface area (Å²) < 4.78 is 4.72. The highest BCUT2D eigenvalue weighted by Gasteiger charge is 2.37. The Hall–Kier alpha value is -1.13. The van der Waals surface area contributed by atoms with E-state index in [4.69, 9.17) is 22.1 Å². The quantitative estimate of drug-likeness (QED) is 0.823. The molecule has 1 aromatic heterocycles. The summed E-state index contributed by atoms with van der Waals surface area (Å²) in [6.07, 6.45) is 3.10. The van der Waals surface area contributed by atoms with Crippen LogP contribution in [-0.2, 0) is 9.53 Å². The van der Waals surface area contributed by atoms with Crippen LogP contribution in [0.1, 0.15) is 25.5 Å². The van der Waals surface area contributed by atoms with Gasteiger partial charge in [-0.15, -0.1) is 0 Å². The van der Waals surface area contributed by atoms with E-state index in [0.717, 1.165) is 0 Å². The van der Waals surface area contributed by atoms with Gasteiger partial charge in [0, 0.05) is 18.4 Å².